The van der Waals surface area contributed by atoms with Crippen LogP contribution in [0, 0.1) is 11.8 Å². The number of unbranched alkanes of at least 4 members (excludes halogenated alkanes) is 1. The van der Waals surface area contributed by atoms with E-state index in [4.69, 9.17) is 18.6 Å². The fraction of sp³-hybridized carbons (Fsp3) is 0.432. The number of aromatic nitrogens is 2. The molecule has 5 heterocycles. The summed E-state index contributed by atoms with van der Waals surface area (Å²) < 4.78 is 19.4. The number of nitrogens with one attached hydrogen (secondary N) is 4. The summed E-state index contributed by atoms with van der Waals surface area (Å²) in [5.74, 6) is -0.762. The summed E-state index contributed by atoms with van der Waals surface area (Å²) in [7, 11) is 0. The number of carbonyl (C=O) groups excluding carboxylic acids is 3. The number of hydrogen-bond acceptors (Lipinski definition) is 10. The predicted molar refractivity (Wildman–Crippen MR) is 182 cm³/mol. The molecule has 0 fully saturated rings. The van der Waals surface area contributed by atoms with Crippen LogP contribution in [0.3, 0.4) is 0 Å². The molecule has 2 aromatic carbocycles. The molecule has 1 spiro atoms. The van der Waals surface area contributed by atoms with E-state index in [9.17, 15) is 19.5 Å². The van der Waals surface area contributed by atoms with Crippen molar-refractivity contribution in [3.63, 3.8) is 0 Å². The van der Waals surface area contributed by atoms with Crippen LogP contribution in [0.5, 0.6) is 5.75 Å². The summed E-state index contributed by atoms with van der Waals surface area (Å²) in [5.41, 5.74) is 2.52. The number of carbonyl (C=O) groups is 3. The Labute approximate surface area is 289 Å². The monoisotopic (exact) mass is 682 g/mol. The summed E-state index contributed by atoms with van der Waals surface area (Å²) >= 11 is 0. The second kappa shape index (κ2) is 12.9. The number of ether oxygens (including phenoxy) is 1. The smallest absolute Gasteiger partial charge is 0.273 e. The van der Waals surface area contributed by atoms with Crippen LogP contribution in [-0.2, 0) is 21.4 Å². The number of aliphatic hydroxyl groups is 1. The van der Waals surface area contributed by atoms with Gasteiger partial charge in [-0.15, -0.1) is 0 Å². The predicted octanol–water partition coefficient (Wildman–Crippen LogP) is 4.21. The Morgan fingerprint density at radius 3 is 2.64 bits per heavy atom. The first-order valence-electron chi connectivity index (χ1n) is 17.2. The molecule has 5 N–H and O–H groups in total. The second-order valence-electron chi connectivity index (χ2n) is 13.9. The highest BCUT2D eigenvalue weighted by Gasteiger charge is 2.61. The van der Waals surface area contributed by atoms with Crippen molar-refractivity contribution in [1.29, 1.82) is 0 Å². The fourth-order valence-electron chi connectivity index (χ4n) is 6.96. The number of benzene rings is 2. The van der Waals surface area contributed by atoms with Crippen molar-refractivity contribution in [3.05, 3.63) is 82.8 Å². The Hall–Kier alpha value is -5.17. The Morgan fingerprint density at radius 1 is 1.08 bits per heavy atom. The first-order valence-corrected chi connectivity index (χ1v) is 17.2. The van der Waals surface area contributed by atoms with Crippen LogP contribution < -0.4 is 26.0 Å². The van der Waals surface area contributed by atoms with Crippen LogP contribution in [0.4, 0.5) is 5.69 Å². The van der Waals surface area contributed by atoms with Gasteiger partial charge < -0.3 is 39.9 Å². The number of amides is 3. The van der Waals surface area contributed by atoms with Crippen LogP contribution in [0.2, 0.25) is 0 Å². The van der Waals surface area contributed by atoms with E-state index in [-0.39, 0.29) is 47.3 Å². The fourth-order valence-corrected chi connectivity index (χ4v) is 6.96. The first-order chi connectivity index (χ1) is 24.0. The maximum Gasteiger partial charge on any atom is 0.273 e. The Bertz CT molecular complexity index is 1950. The van der Waals surface area contributed by atoms with Gasteiger partial charge in [0.05, 0.1) is 0 Å². The van der Waals surface area contributed by atoms with Gasteiger partial charge in [-0.25, -0.2) is 9.97 Å². The van der Waals surface area contributed by atoms with E-state index in [2.05, 4.69) is 26.3 Å². The van der Waals surface area contributed by atoms with Gasteiger partial charge in [0.2, 0.25) is 23.6 Å². The average Bonchev–Trinajstić information content (AvgIpc) is 3.87. The third kappa shape index (κ3) is 5.49. The Balaban J connectivity index is 1.43. The molecule has 262 valence electrons. The van der Waals surface area contributed by atoms with Gasteiger partial charge >= 0.3 is 0 Å². The Morgan fingerprint density at radius 2 is 1.88 bits per heavy atom. The Kier molecular flexibility index (Phi) is 8.63. The lowest BCUT2D eigenvalue weighted by Crippen LogP contribution is -2.52. The van der Waals surface area contributed by atoms with Crippen molar-refractivity contribution in [2.75, 3.05) is 11.9 Å². The van der Waals surface area contributed by atoms with Gasteiger partial charge in [0.25, 0.3) is 5.91 Å². The standard InChI is InChI=1S/C37H42N6O7/c1-6-7-14-38-31(45)25-17-48-34(40-25)28-30-37-21-10-8-9-11-23(21)41-36(37)49-26-13-12-20(15-22(26)37)16-24(39-33(47)29(44)19(4)5)32(46)42-27(18(2)3)35(43-28)50-30/h8-13,15,17-19,24,27,29,36,41,44H,6-7,14,16H2,1-5H3,(H,38,45)(H,39,47)(H,42,46)/t24?,27-,29-,36?,37?/m0/s1. The minimum absolute atomic E-state index is 0.0780. The molecule has 50 heavy (non-hydrogen) atoms. The molecule has 0 radical (unpaired) electrons. The number of hydrogen-bond donors (Lipinski definition) is 5. The molecule has 0 saturated carbocycles. The molecule has 0 saturated heterocycles. The van der Waals surface area contributed by atoms with Gasteiger partial charge in [0, 0.05) is 24.2 Å². The van der Waals surface area contributed by atoms with E-state index >= 15 is 0 Å². The molecule has 4 bridgehead atoms. The molecule has 3 unspecified atom stereocenters. The minimum Gasteiger partial charge on any atom is -0.469 e. The van der Waals surface area contributed by atoms with Crippen LogP contribution in [0.15, 0.2) is 57.6 Å². The first kappa shape index (κ1) is 33.3. The summed E-state index contributed by atoms with van der Waals surface area (Å²) in [5, 5.41) is 22.8. The van der Waals surface area contributed by atoms with E-state index in [1.54, 1.807) is 13.8 Å². The highest BCUT2D eigenvalue weighted by Crippen LogP contribution is 2.59. The molecular formula is C37H42N6O7. The maximum absolute atomic E-state index is 14.0. The lowest BCUT2D eigenvalue weighted by Gasteiger charge is -2.29. The second-order valence-corrected chi connectivity index (χ2v) is 13.9. The molecule has 0 aliphatic carbocycles. The van der Waals surface area contributed by atoms with Gasteiger partial charge in [-0.2, -0.15) is 0 Å². The van der Waals surface area contributed by atoms with Gasteiger partial charge in [-0.1, -0.05) is 71.4 Å². The molecule has 3 aliphatic heterocycles. The lowest BCUT2D eigenvalue weighted by atomic mass is 9.72. The molecule has 13 heteroatoms. The molecule has 7 rings (SSSR count). The number of fused-ring (bicyclic) bond motifs is 4. The van der Waals surface area contributed by atoms with Crippen molar-refractivity contribution >= 4 is 23.4 Å². The van der Waals surface area contributed by atoms with Gasteiger partial charge in [-0.05, 0) is 41.5 Å². The maximum atomic E-state index is 14.0. The van der Waals surface area contributed by atoms with Crippen molar-refractivity contribution in [2.45, 2.75) is 83.7 Å². The largest absolute Gasteiger partial charge is 0.469 e. The summed E-state index contributed by atoms with van der Waals surface area (Å²) in [4.78, 5) is 49.6. The normalized spacial score (nSPS) is 22.4. The number of para-hydroxylation sites is 1. The quantitative estimate of drug-likeness (QED) is 0.161. The summed E-state index contributed by atoms with van der Waals surface area (Å²) in [6.45, 7) is 9.87. The molecule has 4 aromatic rings. The molecule has 2 aromatic heterocycles. The topological polar surface area (TPSA) is 181 Å². The number of anilines is 1. The zero-order chi connectivity index (χ0) is 35.3. The number of rotatable bonds is 9. The van der Waals surface area contributed by atoms with Gasteiger partial charge in [0.15, 0.2) is 23.4 Å². The zero-order valence-electron chi connectivity index (χ0n) is 28.7. The lowest BCUT2D eigenvalue weighted by molar-refractivity contribution is -0.135. The third-order valence-electron chi connectivity index (χ3n) is 9.71. The summed E-state index contributed by atoms with van der Waals surface area (Å²) in [6, 6.07) is 11.8. The van der Waals surface area contributed by atoms with Crippen molar-refractivity contribution in [2.24, 2.45) is 11.8 Å². The molecule has 3 amide bonds. The van der Waals surface area contributed by atoms with E-state index in [0.29, 0.717) is 18.1 Å². The van der Waals surface area contributed by atoms with Crippen LogP contribution in [-0.4, -0.2) is 57.7 Å². The SMILES string of the molecule is CCCCNC(=O)c1coc(-c2nc3oc2C24c5ccccc5NC2Oc2ccc(cc24)CC(NC(=O)[C@@H](O)C(C)C)C(=O)N[C@H]3C(C)C)n1. The van der Waals surface area contributed by atoms with Gasteiger partial charge in [0.1, 0.15) is 35.6 Å². The minimum atomic E-state index is -1.29. The van der Waals surface area contributed by atoms with Crippen LogP contribution in [0.25, 0.3) is 11.6 Å². The number of oxazole rings is 2. The molecular weight excluding hydrogens is 640 g/mol. The molecule has 5 atom stereocenters. The van der Waals surface area contributed by atoms with Crippen molar-refractivity contribution in [3.8, 4) is 17.3 Å². The van der Waals surface area contributed by atoms with E-state index in [1.807, 2.05) is 63.2 Å². The third-order valence-corrected chi connectivity index (χ3v) is 9.71. The van der Waals surface area contributed by atoms with E-state index < -0.39 is 41.6 Å². The highest BCUT2D eigenvalue weighted by molar-refractivity contribution is 5.92. The van der Waals surface area contributed by atoms with Crippen LogP contribution in [0.1, 0.15) is 92.3 Å². The van der Waals surface area contributed by atoms with Crippen molar-refractivity contribution in [1.82, 2.24) is 25.9 Å². The van der Waals surface area contributed by atoms with Crippen molar-refractivity contribution < 1.29 is 33.1 Å². The van der Waals surface area contributed by atoms with Gasteiger partial charge in [-0.3, -0.25) is 14.4 Å². The van der Waals surface area contributed by atoms with E-state index in [1.165, 1.54) is 6.26 Å². The number of nitrogens with zero attached hydrogens (tertiary/aromatic N) is 2. The highest BCUT2D eigenvalue weighted by atomic mass is 16.5. The average molecular weight is 683 g/mol. The summed E-state index contributed by atoms with van der Waals surface area (Å²) in [6.07, 6.45) is 1.27. The molecule has 3 aliphatic rings. The van der Waals surface area contributed by atoms with Crippen LogP contribution >= 0.6 is 0 Å². The zero-order valence-corrected chi connectivity index (χ0v) is 28.7. The molecule has 13 nitrogen and oxygen atoms in total. The van der Waals surface area contributed by atoms with E-state index in [0.717, 1.165) is 35.2 Å². The number of aliphatic hydroxyl groups excluding tert-OH is 1.